The maximum atomic E-state index is 13.5. The number of amides is 1. The molecule has 0 spiro atoms. The predicted octanol–water partition coefficient (Wildman–Crippen LogP) is 21.0. The minimum Gasteiger partial charge on any atom is -0.456 e. The summed E-state index contributed by atoms with van der Waals surface area (Å²) in [5.74, 6) is -0.537. The number of nitrogens with one attached hydrogen (secondary N) is 1. The third kappa shape index (κ3) is 59.8. The second-order valence-electron chi connectivity index (χ2n) is 23.7. The van der Waals surface area contributed by atoms with Crippen LogP contribution in [0.25, 0.3) is 0 Å². The van der Waals surface area contributed by atoms with Crippen LogP contribution in [0.4, 0.5) is 0 Å². The van der Waals surface area contributed by atoms with Gasteiger partial charge in [-0.25, -0.2) is 4.57 Å². The molecule has 0 aliphatic heterocycles. The summed E-state index contributed by atoms with van der Waals surface area (Å²) < 4.78 is 30.7. The number of phosphoric acid groups is 1. The largest absolute Gasteiger partial charge is 0.472 e. The Morgan fingerprint density at radius 3 is 1.25 bits per heavy atom. The number of quaternary nitrogens is 1. The van der Waals surface area contributed by atoms with Gasteiger partial charge in [0.15, 0.2) is 0 Å². The lowest BCUT2D eigenvalue weighted by molar-refractivity contribution is -0.870. The number of ether oxygens (including phenoxy) is 1. The highest BCUT2D eigenvalue weighted by molar-refractivity contribution is 7.47. The van der Waals surface area contributed by atoms with Crippen molar-refractivity contribution >= 4 is 19.7 Å². The molecule has 0 aliphatic carbocycles. The number of unbranched alkanes of at least 4 members (excludes halogenated alkanes) is 33. The Hall–Kier alpha value is -2.81. The fourth-order valence-corrected chi connectivity index (χ4v) is 10.1. The van der Waals surface area contributed by atoms with Gasteiger partial charge in [-0.1, -0.05) is 267 Å². The SMILES string of the molecule is CCCCC/C=C\C/C=C\C/C=C\C/C=C\CCCCCCCCCCCCCC(=O)OC(/C=C\CCCCCCCCCCC)C(COP(=O)(O)OCC[N+](C)(C)C)NC(=O)CCCCC/C=C/C=C/CCCCCCCCC. The smallest absolute Gasteiger partial charge is 0.456 e. The van der Waals surface area contributed by atoms with Crippen molar-refractivity contribution in [1.82, 2.24) is 5.32 Å². The van der Waals surface area contributed by atoms with E-state index in [2.05, 4.69) is 99.0 Å². The highest BCUT2D eigenvalue weighted by atomic mass is 31.2. The zero-order chi connectivity index (χ0) is 58.6. The highest BCUT2D eigenvalue weighted by Crippen LogP contribution is 2.43. The van der Waals surface area contributed by atoms with Crippen molar-refractivity contribution in [2.24, 2.45) is 0 Å². The average Bonchev–Trinajstić information content (AvgIpc) is 3.43. The van der Waals surface area contributed by atoms with Crippen LogP contribution in [-0.2, 0) is 27.9 Å². The van der Waals surface area contributed by atoms with Crippen LogP contribution in [0, 0.1) is 0 Å². The van der Waals surface area contributed by atoms with Crippen molar-refractivity contribution in [3.63, 3.8) is 0 Å². The molecule has 464 valence electrons. The van der Waals surface area contributed by atoms with Gasteiger partial charge >= 0.3 is 13.8 Å². The average molecular weight is 1140 g/mol. The third-order valence-electron chi connectivity index (χ3n) is 14.6. The normalized spacial score (nSPS) is 14.1. The summed E-state index contributed by atoms with van der Waals surface area (Å²) in [6, 6.07) is -0.867. The van der Waals surface area contributed by atoms with Gasteiger partial charge in [0, 0.05) is 12.8 Å². The molecule has 0 aromatic heterocycles. The van der Waals surface area contributed by atoms with Crippen LogP contribution < -0.4 is 5.32 Å². The molecule has 0 saturated carbocycles. The molecule has 2 N–H and O–H groups in total. The van der Waals surface area contributed by atoms with Crippen LogP contribution in [-0.4, -0.2) is 74.3 Å². The predicted molar refractivity (Wildman–Crippen MR) is 346 cm³/mol. The van der Waals surface area contributed by atoms with E-state index in [0.717, 1.165) is 83.5 Å². The van der Waals surface area contributed by atoms with Crippen LogP contribution in [0.2, 0.25) is 0 Å². The monoisotopic (exact) mass is 1140 g/mol. The Morgan fingerprint density at radius 1 is 0.450 bits per heavy atom. The number of hydrogen-bond acceptors (Lipinski definition) is 6. The summed E-state index contributed by atoms with van der Waals surface area (Å²) in [6.07, 6.45) is 78.8. The lowest BCUT2D eigenvalue weighted by Crippen LogP contribution is -2.47. The molecule has 0 saturated heterocycles. The first kappa shape index (κ1) is 77.2. The lowest BCUT2D eigenvalue weighted by atomic mass is 10.0. The fraction of sp³-hybridized carbons (Fsp3) is 0.771. The van der Waals surface area contributed by atoms with Crippen LogP contribution in [0.3, 0.4) is 0 Å². The van der Waals surface area contributed by atoms with Gasteiger partial charge in [0.25, 0.3) is 0 Å². The van der Waals surface area contributed by atoms with Crippen molar-refractivity contribution in [2.75, 3.05) is 40.9 Å². The van der Waals surface area contributed by atoms with Gasteiger partial charge in [-0.05, 0) is 102 Å². The Bertz CT molecular complexity index is 1640. The van der Waals surface area contributed by atoms with Crippen molar-refractivity contribution in [2.45, 2.75) is 309 Å². The highest BCUT2D eigenvalue weighted by Gasteiger charge is 2.30. The van der Waals surface area contributed by atoms with E-state index in [1.165, 1.54) is 173 Å². The summed E-state index contributed by atoms with van der Waals surface area (Å²) in [5, 5.41) is 3.04. The van der Waals surface area contributed by atoms with Crippen molar-refractivity contribution in [1.29, 1.82) is 0 Å². The van der Waals surface area contributed by atoms with E-state index >= 15 is 0 Å². The lowest BCUT2D eigenvalue weighted by Gasteiger charge is -2.27. The van der Waals surface area contributed by atoms with Crippen LogP contribution in [0.1, 0.15) is 297 Å². The summed E-state index contributed by atoms with van der Waals surface area (Å²) in [5.41, 5.74) is 0. The quantitative estimate of drug-likeness (QED) is 0.0156. The first-order valence-corrected chi connectivity index (χ1v) is 34.9. The van der Waals surface area contributed by atoms with E-state index in [1.54, 1.807) is 0 Å². The molecule has 9 nitrogen and oxygen atoms in total. The topological polar surface area (TPSA) is 111 Å². The third-order valence-corrected chi connectivity index (χ3v) is 15.6. The standard InChI is InChI=1S/C70H127N2O7P/c1-7-10-13-16-19-22-25-27-29-31-32-33-34-35-36-37-38-39-40-41-43-45-48-51-54-57-60-63-70(74)79-68(61-58-55-52-49-46-24-21-18-15-12-9-3)67(66-78-80(75,76)77-65-64-72(4,5)6)71-69(73)62-59-56-53-50-47-44-42-30-28-26-23-20-17-14-11-8-2/h19,22,27,29-30,32-33,35-36,42,44,47,58,61,67-68H,7-18,20-21,23-26,28,31,34,37-41,43,45-46,48-57,59-60,62-66H2,1-6H3,(H-,71,73,75,76)/p+1/b22-19-,29-27-,33-32-,36-35-,42-30+,47-44+,61-58-. The maximum Gasteiger partial charge on any atom is 0.472 e. The van der Waals surface area contributed by atoms with E-state index < -0.39 is 20.0 Å². The van der Waals surface area contributed by atoms with E-state index in [-0.39, 0.29) is 31.5 Å². The van der Waals surface area contributed by atoms with Gasteiger partial charge < -0.3 is 19.4 Å². The van der Waals surface area contributed by atoms with Gasteiger partial charge in [-0.3, -0.25) is 18.6 Å². The second kappa shape index (κ2) is 59.4. The van der Waals surface area contributed by atoms with Gasteiger partial charge in [0.1, 0.15) is 19.3 Å². The van der Waals surface area contributed by atoms with Gasteiger partial charge in [-0.2, -0.15) is 0 Å². The summed E-state index contributed by atoms with van der Waals surface area (Å²) in [4.78, 5) is 37.7. The van der Waals surface area contributed by atoms with Gasteiger partial charge in [0.05, 0.1) is 33.8 Å². The number of phosphoric ester groups is 1. The molecule has 0 radical (unpaired) electrons. The molecule has 0 aliphatic rings. The van der Waals surface area contributed by atoms with Gasteiger partial charge in [0.2, 0.25) is 5.91 Å². The fourth-order valence-electron chi connectivity index (χ4n) is 9.39. The summed E-state index contributed by atoms with van der Waals surface area (Å²) >= 11 is 0. The molecule has 0 aromatic carbocycles. The van der Waals surface area contributed by atoms with E-state index in [1.807, 2.05) is 33.3 Å². The number of allylic oxidation sites excluding steroid dienone is 13. The number of carbonyl (C=O) groups excluding carboxylic acids is 2. The molecular formula is C70H128N2O7P+. The number of nitrogens with zero attached hydrogens (tertiary/aromatic N) is 1. The molecule has 80 heavy (non-hydrogen) atoms. The number of hydrogen-bond donors (Lipinski definition) is 2. The minimum absolute atomic E-state index is 0.0321. The van der Waals surface area contributed by atoms with E-state index in [4.69, 9.17) is 13.8 Å². The Morgan fingerprint density at radius 2 is 0.800 bits per heavy atom. The molecule has 0 heterocycles. The summed E-state index contributed by atoms with van der Waals surface area (Å²) in [6.45, 7) is 6.96. The number of carbonyl (C=O) groups is 2. The number of likely N-dealkylation sites (N-methyl/N-ethyl adjacent to an activating group) is 1. The maximum absolute atomic E-state index is 13.5. The molecule has 0 fully saturated rings. The van der Waals surface area contributed by atoms with E-state index in [0.29, 0.717) is 23.9 Å². The first-order chi connectivity index (χ1) is 38.9. The van der Waals surface area contributed by atoms with Crippen LogP contribution >= 0.6 is 7.82 Å². The Kier molecular flexibility index (Phi) is 57.3. The first-order valence-electron chi connectivity index (χ1n) is 33.4. The molecular weight excluding hydrogens is 1010 g/mol. The minimum atomic E-state index is -4.46. The molecule has 10 heteroatoms. The summed E-state index contributed by atoms with van der Waals surface area (Å²) in [7, 11) is 1.47. The van der Waals surface area contributed by atoms with Gasteiger partial charge in [-0.15, -0.1) is 0 Å². The number of rotatable bonds is 60. The number of esters is 1. The molecule has 0 bridgehead atoms. The van der Waals surface area contributed by atoms with Crippen molar-refractivity contribution in [3.05, 3.63) is 85.1 Å². The Labute approximate surface area is 495 Å². The van der Waals surface area contributed by atoms with E-state index in [9.17, 15) is 19.0 Å². The zero-order valence-corrected chi connectivity index (χ0v) is 54.0. The molecule has 0 aromatic rings. The zero-order valence-electron chi connectivity index (χ0n) is 53.1. The van der Waals surface area contributed by atoms with Crippen molar-refractivity contribution in [3.8, 4) is 0 Å². The van der Waals surface area contributed by atoms with Crippen LogP contribution in [0.5, 0.6) is 0 Å². The van der Waals surface area contributed by atoms with Crippen LogP contribution in [0.15, 0.2) is 85.1 Å². The Balaban J connectivity index is 5.08. The van der Waals surface area contributed by atoms with Crippen molar-refractivity contribution < 1.29 is 37.3 Å². The molecule has 3 unspecified atom stereocenters. The molecule has 3 atom stereocenters. The molecule has 1 amide bonds. The molecule has 0 rings (SSSR count). The second-order valence-corrected chi connectivity index (χ2v) is 25.1.